The minimum Gasteiger partial charge on any atom is -0.456 e. The standard InChI is InChI=1S/C49H27N3O2/c50-28-29-20-31(23-33(21-29)52-43-17-6-2-13-35(43)39-25-41-37-15-4-8-19-47(37)54-49(41)27-45(39)52)30-10-9-11-32(22-30)51-42-16-5-1-12-34(42)38-24-40-36-14-3-7-18-46(36)53-48(40)26-44(38)51/h1-27H. The maximum absolute atomic E-state index is 10.4. The van der Waals surface area contributed by atoms with Gasteiger partial charge in [0, 0.05) is 66.6 Å². The van der Waals surface area contributed by atoms with E-state index < -0.39 is 0 Å². The molecule has 0 aliphatic heterocycles. The molecule has 54 heavy (non-hydrogen) atoms. The summed E-state index contributed by atoms with van der Waals surface area (Å²) in [5.41, 5.74) is 12.3. The van der Waals surface area contributed by atoms with E-state index in [1.165, 1.54) is 10.8 Å². The van der Waals surface area contributed by atoms with Crippen molar-refractivity contribution in [2.75, 3.05) is 0 Å². The molecular weight excluding hydrogens is 663 g/mol. The molecule has 0 atom stereocenters. The average molecular weight is 690 g/mol. The van der Waals surface area contributed by atoms with Crippen LogP contribution in [0.25, 0.3) is 110 Å². The van der Waals surface area contributed by atoms with Crippen LogP contribution in [0.3, 0.4) is 0 Å². The van der Waals surface area contributed by atoms with Gasteiger partial charge in [0.1, 0.15) is 22.3 Å². The van der Waals surface area contributed by atoms with Crippen molar-refractivity contribution in [3.05, 3.63) is 169 Å². The number of furan rings is 2. The Hall–Kier alpha value is -7.55. The summed E-state index contributed by atoms with van der Waals surface area (Å²) in [5.74, 6) is 0. The third-order valence-electron chi connectivity index (χ3n) is 11.1. The summed E-state index contributed by atoms with van der Waals surface area (Å²) < 4.78 is 17.3. The van der Waals surface area contributed by atoms with Gasteiger partial charge >= 0.3 is 0 Å². The first-order chi connectivity index (χ1) is 26.7. The molecule has 0 aliphatic rings. The Morgan fingerprint density at radius 3 is 1.46 bits per heavy atom. The SMILES string of the molecule is N#Cc1cc(-c2cccc(-n3c4ccccc4c4cc5c(cc43)oc3ccccc35)c2)cc(-n2c3ccccc3c3cc4c(cc32)oc2ccccc24)c1. The Morgan fingerprint density at radius 1 is 0.352 bits per heavy atom. The van der Waals surface area contributed by atoms with Crippen molar-refractivity contribution in [3.63, 3.8) is 0 Å². The number of rotatable bonds is 3. The number of hydrogen-bond acceptors (Lipinski definition) is 3. The Morgan fingerprint density at radius 2 is 0.870 bits per heavy atom. The Bertz CT molecular complexity index is 3590. The van der Waals surface area contributed by atoms with Crippen molar-refractivity contribution in [1.82, 2.24) is 9.13 Å². The van der Waals surface area contributed by atoms with Crippen LogP contribution in [0.2, 0.25) is 0 Å². The predicted molar refractivity (Wildman–Crippen MR) is 220 cm³/mol. The normalized spacial score (nSPS) is 12.1. The third kappa shape index (κ3) is 4.02. The lowest BCUT2D eigenvalue weighted by atomic mass is 10.0. The second kappa shape index (κ2) is 10.7. The quantitative estimate of drug-likeness (QED) is 0.185. The lowest BCUT2D eigenvalue weighted by Crippen LogP contribution is -1.97. The number of benzene rings is 8. The van der Waals surface area contributed by atoms with Crippen molar-refractivity contribution < 1.29 is 8.83 Å². The number of fused-ring (bicyclic) bond motifs is 12. The van der Waals surface area contributed by atoms with E-state index in [4.69, 9.17) is 8.83 Å². The second-order valence-electron chi connectivity index (χ2n) is 14.1. The van der Waals surface area contributed by atoms with Crippen molar-refractivity contribution >= 4 is 87.5 Å². The highest BCUT2D eigenvalue weighted by atomic mass is 16.3. The number of aromatic nitrogens is 2. The van der Waals surface area contributed by atoms with Crippen LogP contribution in [0.4, 0.5) is 0 Å². The van der Waals surface area contributed by atoms with Gasteiger partial charge in [-0.1, -0.05) is 84.9 Å². The van der Waals surface area contributed by atoms with Gasteiger partial charge in [-0.2, -0.15) is 5.26 Å². The Labute approximate surface area is 307 Å². The molecule has 0 spiro atoms. The molecule has 0 aliphatic carbocycles. The number of nitrogens with zero attached hydrogens (tertiary/aromatic N) is 3. The number of para-hydroxylation sites is 4. The fraction of sp³-hybridized carbons (Fsp3) is 0. The lowest BCUT2D eigenvalue weighted by Gasteiger charge is -2.13. The smallest absolute Gasteiger partial charge is 0.137 e. The molecule has 0 saturated carbocycles. The van der Waals surface area contributed by atoms with Crippen LogP contribution in [-0.4, -0.2) is 9.13 Å². The van der Waals surface area contributed by atoms with Gasteiger partial charge < -0.3 is 18.0 Å². The molecule has 4 heterocycles. The van der Waals surface area contributed by atoms with Gasteiger partial charge in [-0.25, -0.2) is 0 Å². The van der Waals surface area contributed by atoms with E-state index in [1.807, 2.05) is 36.4 Å². The molecule has 0 unspecified atom stereocenters. The predicted octanol–water partition coefficient (Wildman–Crippen LogP) is 13.2. The minimum absolute atomic E-state index is 0.591. The van der Waals surface area contributed by atoms with E-state index >= 15 is 0 Å². The third-order valence-corrected chi connectivity index (χ3v) is 11.1. The van der Waals surface area contributed by atoms with Crippen LogP contribution in [0.15, 0.2) is 173 Å². The minimum atomic E-state index is 0.591. The van der Waals surface area contributed by atoms with Gasteiger partial charge in [-0.15, -0.1) is 0 Å². The van der Waals surface area contributed by atoms with Crippen LogP contribution in [0.1, 0.15) is 5.56 Å². The molecule has 0 amide bonds. The van der Waals surface area contributed by atoms with E-state index in [0.29, 0.717) is 5.56 Å². The molecule has 250 valence electrons. The zero-order chi connectivity index (χ0) is 35.5. The molecule has 0 fully saturated rings. The van der Waals surface area contributed by atoms with Crippen LogP contribution in [-0.2, 0) is 0 Å². The number of hydrogen-bond donors (Lipinski definition) is 0. The molecular formula is C49H27N3O2. The zero-order valence-electron chi connectivity index (χ0n) is 28.7. The van der Waals surface area contributed by atoms with Gasteiger partial charge in [0.25, 0.3) is 0 Å². The van der Waals surface area contributed by atoms with Crippen molar-refractivity contribution in [1.29, 1.82) is 5.26 Å². The Balaban J connectivity index is 1.07. The summed E-state index contributed by atoms with van der Waals surface area (Å²) in [5, 5.41) is 19.4. The fourth-order valence-corrected chi connectivity index (χ4v) is 8.73. The maximum atomic E-state index is 10.4. The van der Waals surface area contributed by atoms with Gasteiger partial charge in [0.2, 0.25) is 0 Å². The molecule has 0 saturated heterocycles. The highest BCUT2D eigenvalue weighted by molar-refractivity contribution is 6.18. The van der Waals surface area contributed by atoms with Crippen molar-refractivity contribution in [2.45, 2.75) is 0 Å². The molecule has 4 aromatic heterocycles. The molecule has 0 radical (unpaired) electrons. The largest absolute Gasteiger partial charge is 0.456 e. The molecule has 5 heteroatoms. The lowest BCUT2D eigenvalue weighted by molar-refractivity contribution is 0.669. The van der Waals surface area contributed by atoms with E-state index in [-0.39, 0.29) is 0 Å². The van der Waals surface area contributed by atoms with Gasteiger partial charge in [-0.05, 0) is 77.9 Å². The molecule has 12 rings (SSSR count). The topological polar surface area (TPSA) is 59.9 Å². The Kier molecular flexibility index (Phi) is 5.78. The summed E-state index contributed by atoms with van der Waals surface area (Å²) in [4.78, 5) is 0. The van der Waals surface area contributed by atoms with Crippen molar-refractivity contribution in [3.8, 4) is 28.6 Å². The summed E-state index contributed by atoms with van der Waals surface area (Å²) in [6, 6.07) is 59.5. The molecule has 8 aromatic carbocycles. The van der Waals surface area contributed by atoms with Crippen LogP contribution < -0.4 is 0 Å². The van der Waals surface area contributed by atoms with E-state index in [9.17, 15) is 5.26 Å². The monoisotopic (exact) mass is 689 g/mol. The molecule has 12 aromatic rings. The first-order valence-corrected chi connectivity index (χ1v) is 18.1. The van der Waals surface area contributed by atoms with Gasteiger partial charge in [0.15, 0.2) is 0 Å². The van der Waals surface area contributed by atoms with Crippen LogP contribution in [0.5, 0.6) is 0 Å². The number of nitriles is 1. The van der Waals surface area contributed by atoms with Gasteiger partial charge in [-0.3, -0.25) is 0 Å². The summed E-state index contributed by atoms with van der Waals surface area (Å²) in [6.45, 7) is 0. The van der Waals surface area contributed by atoms with Crippen LogP contribution >= 0.6 is 0 Å². The summed E-state index contributed by atoms with van der Waals surface area (Å²) in [6.07, 6.45) is 0. The average Bonchev–Trinajstić information content (AvgIpc) is 3.96. The summed E-state index contributed by atoms with van der Waals surface area (Å²) >= 11 is 0. The maximum Gasteiger partial charge on any atom is 0.137 e. The second-order valence-corrected chi connectivity index (χ2v) is 14.1. The van der Waals surface area contributed by atoms with Gasteiger partial charge in [0.05, 0.1) is 33.7 Å². The molecule has 0 N–H and O–H groups in total. The fourth-order valence-electron chi connectivity index (χ4n) is 8.73. The molecule has 5 nitrogen and oxygen atoms in total. The zero-order valence-corrected chi connectivity index (χ0v) is 28.7. The highest BCUT2D eigenvalue weighted by Gasteiger charge is 2.19. The molecule has 0 bridgehead atoms. The van der Waals surface area contributed by atoms with Crippen LogP contribution in [0, 0.1) is 11.3 Å². The first kappa shape index (κ1) is 29.1. The first-order valence-electron chi connectivity index (χ1n) is 18.1. The summed E-state index contributed by atoms with van der Waals surface area (Å²) in [7, 11) is 0. The van der Waals surface area contributed by atoms with Crippen molar-refractivity contribution in [2.24, 2.45) is 0 Å². The van der Waals surface area contributed by atoms with E-state index in [0.717, 1.165) is 99.2 Å². The highest BCUT2D eigenvalue weighted by Crippen LogP contribution is 2.41. The van der Waals surface area contributed by atoms with E-state index in [2.05, 4.69) is 143 Å². The van der Waals surface area contributed by atoms with E-state index in [1.54, 1.807) is 0 Å².